The van der Waals surface area contributed by atoms with Crippen LogP contribution < -0.4 is 5.32 Å². The Morgan fingerprint density at radius 2 is 2.00 bits per heavy atom. The average Bonchev–Trinajstić information content (AvgIpc) is 2.70. The molecule has 0 aliphatic heterocycles. The second kappa shape index (κ2) is 6.29. The summed E-state index contributed by atoms with van der Waals surface area (Å²) in [7, 11) is 0. The van der Waals surface area contributed by atoms with Crippen LogP contribution in [0.2, 0.25) is 0 Å². The van der Waals surface area contributed by atoms with E-state index in [2.05, 4.69) is 10.3 Å². The Kier molecular flexibility index (Phi) is 5.28. The van der Waals surface area contributed by atoms with Crippen molar-refractivity contribution >= 4 is 17.2 Å². The number of aryl methyl sites for hydroxylation is 2. The van der Waals surface area contributed by atoms with Crippen molar-refractivity contribution in [2.45, 2.75) is 40.5 Å². The minimum Gasteiger partial charge on any atom is -0.396 e. The van der Waals surface area contributed by atoms with Gasteiger partial charge in [-0.05, 0) is 26.7 Å². The van der Waals surface area contributed by atoms with Gasteiger partial charge in [-0.2, -0.15) is 0 Å². The van der Waals surface area contributed by atoms with E-state index in [4.69, 9.17) is 0 Å². The molecular weight excluding hydrogens is 248 g/mol. The molecule has 18 heavy (non-hydrogen) atoms. The van der Waals surface area contributed by atoms with Crippen molar-refractivity contribution in [1.82, 2.24) is 10.3 Å². The number of nitrogens with zero attached hydrogens (tertiary/aromatic N) is 1. The summed E-state index contributed by atoms with van der Waals surface area (Å²) in [6.07, 6.45) is 1.70. The highest BCUT2D eigenvalue weighted by Gasteiger charge is 2.26. The third-order valence-electron chi connectivity index (χ3n) is 3.57. The molecule has 0 aliphatic rings. The lowest BCUT2D eigenvalue weighted by atomic mass is 9.83. The molecule has 0 aromatic carbocycles. The van der Waals surface area contributed by atoms with E-state index in [1.54, 1.807) is 0 Å². The van der Waals surface area contributed by atoms with Gasteiger partial charge in [0.2, 0.25) is 0 Å². The molecule has 0 aliphatic carbocycles. The van der Waals surface area contributed by atoms with Crippen molar-refractivity contribution in [2.24, 2.45) is 5.41 Å². The Hall–Kier alpha value is -0.940. The first kappa shape index (κ1) is 15.1. The summed E-state index contributed by atoms with van der Waals surface area (Å²) in [4.78, 5) is 17.0. The Bertz CT molecular complexity index is 403. The third-order valence-corrected chi connectivity index (χ3v) is 4.64. The minimum atomic E-state index is -0.205. The highest BCUT2D eigenvalue weighted by molar-refractivity contribution is 7.13. The Morgan fingerprint density at radius 1 is 1.39 bits per heavy atom. The Labute approximate surface area is 112 Å². The van der Waals surface area contributed by atoms with Gasteiger partial charge in [-0.15, -0.1) is 11.3 Å². The van der Waals surface area contributed by atoms with Crippen LogP contribution in [-0.4, -0.2) is 29.1 Å². The van der Waals surface area contributed by atoms with Crippen LogP contribution in [0.25, 0.3) is 0 Å². The molecule has 0 atom stereocenters. The quantitative estimate of drug-likeness (QED) is 0.833. The number of hydrogen-bond acceptors (Lipinski definition) is 4. The van der Waals surface area contributed by atoms with Gasteiger partial charge in [0.05, 0.1) is 17.3 Å². The van der Waals surface area contributed by atoms with Gasteiger partial charge < -0.3 is 10.4 Å². The first-order valence-electron chi connectivity index (χ1n) is 6.31. The molecule has 1 amide bonds. The number of aromatic nitrogens is 1. The van der Waals surface area contributed by atoms with Crippen molar-refractivity contribution in [3.63, 3.8) is 0 Å². The van der Waals surface area contributed by atoms with E-state index in [1.807, 2.05) is 27.7 Å². The molecule has 0 fully saturated rings. The first-order chi connectivity index (χ1) is 8.48. The van der Waals surface area contributed by atoms with Gasteiger partial charge in [0.15, 0.2) is 0 Å². The van der Waals surface area contributed by atoms with Crippen LogP contribution in [0.4, 0.5) is 0 Å². The number of rotatable bonds is 6. The zero-order chi connectivity index (χ0) is 13.8. The number of thiazole rings is 1. The van der Waals surface area contributed by atoms with Gasteiger partial charge >= 0.3 is 0 Å². The van der Waals surface area contributed by atoms with Gasteiger partial charge in [0.1, 0.15) is 4.88 Å². The average molecular weight is 270 g/mol. The van der Waals surface area contributed by atoms with Crippen LogP contribution >= 0.6 is 11.3 Å². The number of carbonyl (C=O) groups excluding carboxylic acids is 1. The number of aliphatic hydroxyl groups is 1. The Balaban J connectivity index is 2.69. The molecule has 1 rings (SSSR count). The van der Waals surface area contributed by atoms with Crippen LogP contribution in [0.5, 0.6) is 0 Å². The monoisotopic (exact) mass is 270 g/mol. The Morgan fingerprint density at radius 3 is 2.39 bits per heavy atom. The molecule has 5 heteroatoms. The number of nitrogens with one attached hydrogen (secondary N) is 1. The van der Waals surface area contributed by atoms with E-state index in [1.165, 1.54) is 11.3 Å². The fourth-order valence-corrected chi connectivity index (χ4v) is 2.71. The molecule has 1 aromatic rings. The highest BCUT2D eigenvalue weighted by Crippen LogP contribution is 2.25. The van der Waals surface area contributed by atoms with Crippen molar-refractivity contribution in [3.8, 4) is 0 Å². The molecule has 1 aromatic heterocycles. The summed E-state index contributed by atoms with van der Waals surface area (Å²) in [5.41, 5.74) is 0.570. The largest absolute Gasteiger partial charge is 0.396 e. The summed E-state index contributed by atoms with van der Waals surface area (Å²) in [6.45, 7) is 8.41. The van der Waals surface area contributed by atoms with E-state index in [-0.39, 0.29) is 17.9 Å². The summed E-state index contributed by atoms with van der Waals surface area (Å²) >= 11 is 1.41. The van der Waals surface area contributed by atoms with Crippen molar-refractivity contribution in [3.05, 3.63) is 15.6 Å². The summed E-state index contributed by atoms with van der Waals surface area (Å²) < 4.78 is 0. The number of carbonyl (C=O) groups is 1. The van der Waals surface area contributed by atoms with Crippen LogP contribution in [0.15, 0.2) is 0 Å². The van der Waals surface area contributed by atoms with Crippen molar-refractivity contribution < 1.29 is 9.90 Å². The normalized spacial score (nSPS) is 11.6. The minimum absolute atomic E-state index is 0.0853. The fraction of sp³-hybridized carbons (Fsp3) is 0.692. The zero-order valence-corrected chi connectivity index (χ0v) is 12.4. The molecule has 0 saturated carbocycles. The number of hydrogen-bond donors (Lipinski definition) is 2. The second-order valence-corrected chi connectivity index (χ2v) is 5.90. The molecule has 1 heterocycles. The molecule has 102 valence electrons. The maximum atomic E-state index is 12.1. The zero-order valence-electron chi connectivity index (χ0n) is 11.5. The van der Waals surface area contributed by atoms with Crippen LogP contribution in [0.1, 0.15) is 47.1 Å². The van der Waals surface area contributed by atoms with Gasteiger partial charge in [-0.3, -0.25) is 4.79 Å². The molecule has 0 spiro atoms. The van der Waals surface area contributed by atoms with Crippen LogP contribution in [-0.2, 0) is 0 Å². The highest BCUT2D eigenvalue weighted by atomic mass is 32.1. The van der Waals surface area contributed by atoms with E-state index in [0.29, 0.717) is 11.4 Å². The van der Waals surface area contributed by atoms with Gasteiger partial charge in [0, 0.05) is 12.0 Å². The number of amides is 1. The molecule has 0 saturated heterocycles. The van der Waals surface area contributed by atoms with Gasteiger partial charge in [0.25, 0.3) is 5.91 Å². The van der Waals surface area contributed by atoms with E-state index >= 15 is 0 Å². The topological polar surface area (TPSA) is 62.2 Å². The fourth-order valence-electron chi connectivity index (χ4n) is 1.87. The smallest absolute Gasteiger partial charge is 0.263 e. The summed E-state index contributed by atoms with van der Waals surface area (Å²) in [6, 6.07) is 0. The van der Waals surface area contributed by atoms with Gasteiger partial charge in [-0.25, -0.2) is 4.98 Å². The standard InChI is InChI=1S/C13H22N2O2S/c1-5-13(6-2,8-16)7-14-12(17)11-9(3)15-10(4)18-11/h16H,5-8H2,1-4H3,(H,14,17). The lowest BCUT2D eigenvalue weighted by Crippen LogP contribution is -2.39. The summed E-state index contributed by atoms with van der Waals surface area (Å²) in [5, 5.41) is 13.3. The molecule has 0 bridgehead atoms. The van der Waals surface area contributed by atoms with E-state index in [9.17, 15) is 9.90 Å². The van der Waals surface area contributed by atoms with Crippen LogP contribution in [0.3, 0.4) is 0 Å². The predicted molar refractivity (Wildman–Crippen MR) is 74.0 cm³/mol. The third kappa shape index (κ3) is 3.29. The maximum absolute atomic E-state index is 12.1. The lowest BCUT2D eigenvalue weighted by Gasteiger charge is -2.29. The van der Waals surface area contributed by atoms with E-state index < -0.39 is 0 Å². The molecule has 0 radical (unpaired) electrons. The van der Waals surface area contributed by atoms with E-state index in [0.717, 1.165) is 23.5 Å². The molecular formula is C13H22N2O2S. The van der Waals surface area contributed by atoms with Gasteiger partial charge in [-0.1, -0.05) is 13.8 Å². The lowest BCUT2D eigenvalue weighted by molar-refractivity contribution is 0.0854. The SMILES string of the molecule is CCC(CC)(CO)CNC(=O)c1sc(C)nc1C. The molecule has 0 unspecified atom stereocenters. The summed E-state index contributed by atoms with van der Waals surface area (Å²) in [5.74, 6) is -0.0853. The molecule has 2 N–H and O–H groups in total. The molecule has 4 nitrogen and oxygen atoms in total. The number of aliphatic hydroxyl groups excluding tert-OH is 1. The second-order valence-electron chi connectivity index (χ2n) is 4.70. The first-order valence-corrected chi connectivity index (χ1v) is 7.12. The van der Waals surface area contributed by atoms with Crippen molar-refractivity contribution in [2.75, 3.05) is 13.2 Å². The predicted octanol–water partition coefficient (Wildman–Crippen LogP) is 2.29. The van der Waals surface area contributed by atoms with Crippen molar-refractivity contribution in [1.29, 1.82) is 0 Å². The maximum Gasteiger partial charge on any atom is 0.263 e. The van der Waals surface area contributed by atoms with Crippen LogP contribution in [0, 0.1) is 19.3 Å².